The van der Waals surface area contributed by atoms with Gasteiger partial charge in [-0.25, -0.2) is 8.42 Å². The molecule has 1 saturated heterocycles. The van der Waals surface area contributed by atoms with Crippen LogP contribution in [0, 0.1) is 0 Å². The Morgan fingerprint density at radius 1 is 1.14 bits per heavy atom. The fourth-order valence-electron chi connectivity index (χ4n) is 3.54. The van der Waals surface area contributed by atoms with Crippen LogP contribution in [0.3, 0.4) is 0 Å². The Hall–Kier alpha value is -2.58. The summed E-state index contributed by atoms with van der Waals surface area (Å²) in [6, 6.07) is 13.2. The number of rotatable bonds is 7. The Morgan fingerprint density at radius 3 is 2.52 bits per heavy atom. The molecule has 1 N–H and O–H groups in total. The van der Waals surface area contributed by atoms with Gasteiger partial charge in [-0.15, -0.1) is 0 Å². The molecule has 0 unspecified atom stereocenters. The zero-order valence-corrected chi connectivity index (χ0v) is 17.6. The second kappa shape index (κ2) is 8.84. The summed E-state index contributed by atoms with van der Waals surface area (Å²) in [6.07, 6.45) is 1.09. The maximum atomic E-state index is 13.4. The number of benzene rings is 2. The zero-order valence-electron chi connectivity index (χ0n) is 16.8. The van der Waals surface area contributed by atoms with Crippen LogP contribution in [0.2, 0.25) is 0 Å². The van der Waals surface area contributed by atoms with Crippen molar-refractivity contribution in [3.63, 3.8) is 0 Å². The maximum absolute atomic E-state index is 13.4. The van der Waals surface area contributed by atoms with Gasteiger partial charge >= 0.3 is 0 Å². The first kappa shape index (κ1) is 21.1. The van der Waals surface area contributed by atoms with E-state index < -0.39 is 16.1 Å². The minimum atomic E-state index is -3.94. The van der Waals surface area contributed by atoms with Crippen molar-refractivity contribution < 1.29 is 22.7 Å². The van der Waals surface area contributed by atoms with Crippen LogP contribution in [0.5, 0.6) is 11.5 Å². The average Bonchev–Trinajstić information content (AvgIpc) is 3.25. The van der Waals surface area contributed by atoms with E-state index in [-0.39, 0.29) is 29.1 Å². The van der Waals surface area contributed by atoms with E-state index in [2.05, 4.69) is 5.32 Å². The predicted octanol–water partition coefficient (Wildman–Crippen LogP) is 2.73. The van der Waals surface area contributed by atoms with Crippen LogP contribution in [-0.4, -0.2) is 45.4 Å². The number of carbonyl (C=O) groups is 1. The highest BCUT2D eigenvalue weighted by Crippen LogP contribution is 2.34. The fraction of sp³-hybridized carbons (Fsp3) is 0.381. The molecule has 1 amide bonds. The number of hydrogen-bond donors (Lipinski definition) is 1. The second-order valence-corrected chi connectivity index (χ2v) is 8.79. The van der Waals surface area contributed by atoms with E-state index in [1.807, 2.05) is 37.3 Å². The Kier molecular flexibility index (Phi) is 6.44. The van der Waals surface area contributed by atoms with Crippen molar-refractivity contribution in [3.05, 3.63) is 54.1 Å². The standard InChI is InChI=1S/C21H26N2O5S/c1-15(16-8-5-4-6-9-16)22-21(24)18-10-7-13-23(18)29(25,26)20-14-17(27-2)11-12-19(20)28-3/h4-6,8-9,11-12,14-15,18H,7,10,13H2,1-3H3,(H,22,24)/t15-,18+/m0/s1. The molecular formula is C21H26N2O5S. The molecule has 1 aliphatic rings. The quantitative estimate of drug-likeness (QED) is 0.747. The Labute approximate surface area is 171 Å². The van der Waals surface area contributed by atoms with Crippen LogP contribution in [0.25, 0.3) is 0 Å². The number of sulfonamides is 1. The van der Waals surface area contributed by atoms with Crippen LogP contribution < -0.4 is 14.8 Å². The van der Waals surface area contributed by atoms with Gasteiger partial charge < -0.3 is 14.8 Å². The van der Waals surface area contributed by atoms with Crippen LogP contribution in [0.15, 0.2) is 53.4 Å². The lowest BCUT2D eigenvalue weighted by atomic mass is 10.1. The summed E-state index contributed by atoms with van der Waals surface area (Å²) in [6.45, 7) is 2.16. The molecule has 0 bridgehead atoms. The first-order valence-electron chi connectivity index (χ1n) is 9.47. The summed E-state index contributed by atoms with van der Waals surface area (Å²) in [5.41, 5.74) is 0.961. The molecule has 156 valence electrons. The first-order chi connectivity index (χ1) is 13.9. The summed E-state index contributed by atoms with van der Waals surface area (Å²) in [7, 11) is -1.06. The number of ether oxygens (including phenoxy) is 2. The lowest BCUT2D eigenvalue weighted by Crippen LogP contribution is -2.46. The molecule has 0 aliphatic carbocycles. The van der Waals surface area contributed by atoms with Gasteiger partial charge in [-0.2, -0.15) is 4.31 Å². The molecule has 2 aromatic carbocycles. The summed E-state index contributed by atoms with van der Waals surface area (Å²) in [5, 5.41) is 2.94. The molecule has 1 fully saturated rings. The molecule has 29 heavy (non-hydrogen) atoms. The van der Waals surface area contributed by atoms with Gasteiger partial charge in [0.05, 0.1) is 20.3 Å². The van der Waals surface area contributed by atoms with Crippen molar-refractivity contribution in [2.24, 2.45) is 0 Å². The van der Waals surface area contributed by atoms with E-state index in [9.17, 15) is 13.2 Å². The minimum absolute atomic E-state index is 0.00448. The van der Waals surface area contributed by atoms with E-state index in [1.54, 1.807) is 12.1 Å². The van der Waals surface area contributed by atoms with Crippen molar-refractivity contribution in [2.45, 2.75) is 36.7 Å². The lowest BCUT2D eigenvalue weighted by molar-refractivity contribution is -0.124. The molecule has 2 atom stereocenters. The average molecular weight is 419 g/mol. The fourth-order valence-corrected chi connectivity index (χ4v) is 5.37. The van der Waals surface area contributed by atoms with Gasteiger partial charge in [-0.1, -0.05) is 30.3 Å². The number of methoxy groups -OCH3 is 2. The molecule has 2 aromatic rings. The summed E-state index contributed by atoms with van der Waals surface area (Å²) in [5.74, 6) is 0.320. The van der Waals surface area contributed by atoms with Crippen LogP contribution in [-0.2, 0) is 14.8 Å². The Bertz CT molecular complexity index is 962. The number of amides is 1. The van der Waals surface area contributed by atoms with Crippen LogP contribution in [0.1, 0.15) is 31.4 Å². The molecular weight excluding hydrogens is 392 g/mol. The number of hydrogen-bond acceptors (Lipinski definition) is 5. The SMILES string of the molecule is COc1ccc(OC)c(S(=O)(=O)N2CCC[C@@H]2C(=O)N[C@@H](C)c2ccccc2)c1. The van der Waals surface area contributed by atoms with Gasteiger partial charge in [0, 0.05) is 12.6 Å². The van der Waals surface area contributed by atoms with Crippen LogP contribution >= 0.6 is 0 Å². The summed E-state index contributed by atoms with van der Waals surface area (Å²) < 4.78 is 38.4. The highest BCUT2D eigenvalue weighted by molar-refractivity contribution is 7.89. The molecule has 1 heterocycles. The first-order valence-corrected chi connectivity index (χ1v) is 10.9. The normalized spacial score (nSPS) is 18.2. The van der Waals surface area contributed by atoms with E-state index in [1.165, 1.54) is 24.6 Å². The molecule has 8 heteroatoms. The van der Waals surface area contributed by atoms with Crippen molar-refractivity contribution in [1.29, 1.82) is 0 Å². The third-order valence-corrected chi connectivity index (χ3v) is 7.05. The topological polar surface area (TPSA) is 84.9 Å². The van der Waals surface area contributed by atoms with Crippen molar-refractivity contribution in [3.8, 4) is 11.5 Å². The highest BCUT2D eigenvalue weighted by atomic mass is 32.2. The van der Waals surface area contributed by atoms with Crippen molar-refractivity contribution in [2.75, 3.05) is 20.8 Å². The molecule has 1 aliphatic heterocycles. The molecule has 0 saturated carbocycles. The monoisotopic (exact) mass is 418 g/mol. The molecule has 3 rings (SSSR count). The van der Waals surface area contributed by atoms with Gasteiger partial charge in [0.25, 0.3) is 0 Å². The number of carbonyl (C=O) groups excluding carboxylic acids is 1. The van der Waals surface area contributed by atoms with Gasteiger partial charge in [-0.3, -0.25) is 4.79 Å². The number of nitrogens with one attached hydrogen (secondary N) is 1. The predicted molar refractivity (Wildman–Crippen MR) is 109 cm³/mol. The highest BCUT2D eigenvalue weighted by Gasteiger charge is 2.41. The zero-order chi connectivity index (χ0) is 21.0. The van der Waals surface area contributed by atoms with Gasteiger partial charge in [0.15, 0.2) is 0 Å². The molecule has 0 radical (unpaired) electrons. The van der Waals surface area contributed by atoms with Crippen molar-refractivity contribution >= 4 is 15.9 Å². The number of nitrogens with zero attached hydrogens (tertiary/aromatic N) is 1. The van der Waals surface area contributed by atoms with E-state index in [0.717, 1.165) is 5.56 Å². The van der Waals surface area contributed by atoms with E-state index in [4.69, 9.17) is 9.47 Å². The van der Waals surface area contributed by atoms with Gasteiger partial charge in [-0.05, 0) is 37.5 Å². The van der Waals surface area contributed by atoms with Gasteiger partial charge in [0.1, 0.15) is 22.4 Å². The maximum Gasteiger partial charge on any atom is 0.247 e. The molecule has 0 aromatic heterocycles. The Morgan fingerprint density at radius 2 is 1.86 bits per heavy atom. The smallest absolute Gasteiger partial charge is 0.247 e. The largest absolute Gasteiger partial charge is 0.497 e. The van der Waals surface area contributed by atoms with Gasteiger partial charge in [0.2, 0.25) is 15.9 Å². The van der Waals surface area contributed by atoms with Crippen LogP contribution in [0.4, 0.5) is 0 Å². The third kappa shape index (κ3) is 4.38. The lowest BCUT2D eigenvalue weighted by Gasteiger charge is -2.26. The second-order valence-electron chi connectivity index (χ2n) is 6.93. The summed E-state index contributed by atoms with van der Waals surface area (Å²) >= 11 is 0. The van der Waals surface area contributed by atoms with E-state index in [0.29, 0.717) is 18.6 Å². The third-order valence-electron chi connectivity index (χ3n) is 5.12. The summed E-state index contributed by atoms with van der Waals surface area (Å²) in [4.78, 5) is 12.9. The minimum Gasteiger partial charge on any atom is -0.497 e. The Balaban J connectivity index is 1.85. The molecule has 7 nitrogen and oxygen atoms in total. The van der Waals surface area contributed by atoms with E-state index >= 15 is 0 Å². The van der Waals surface area contributed by atoms with Crippen molar-refractivity contribution in [1.82, 2.24) is 9.62 Å². The molecule has 0 spiro atoms.